The summed E-state index contributed by atoms with van der Waals surface area (Å²) >= 11 is 0. The van der Waals surface area contributed by atoms with E-state index in [1.165, 1.54) is 6.42 Å². The molecule has 3 aliphatic heterocycles. The summed E-state index contributed by atoms with van der Waals surface area (Å²) in [7, 11) is 0. The molecule has 4 aliphatic rings. The Hall–Kier alpha value is -1.20. The average Bonchev–Trinajstić information content (AvgIpc) is 3.11. The fourth-order valence-electron chi connectivity index (χ4n) is 4.75. The van der Waals surface area contributed by atoms with Gasteiger partial charge in [0.15, 0.2) is 0 Å². The van der Waals surface area contributed by atoms with Crippen LogP contribution in [0.2, 0.25) is 0 Å². The summed E-state index contributed by atoms with van der Waals surface area (Å²) in [6.45, 7) is 6.56. The Morgan fingerprint density at radius 1 is 1.35 bits per heavy atom. The van der Waals surface area contributed by atoms with Crippen molar-refractivity contribution >= 4 is 5.91 Å². The zero-order chi connectivity index (χ0) is 16.0. The molecule has 4 nitrogen and oxygen atoms in total. The molecule has 2 unspecified atom stereocenters. The van der Waals surface area contributed by atoms with Gasteiger partial charge in [-0.1, -0.05) is 0 Å². The molecule has 3 fully saturated rings. The summed E-state index contributed by atoms with van der Waals surface area (Å²) in [5.41, 5.74) is 1.20. The number of amides is 1. The Morgan fingerprint density at radius 3 is 2.83 bits per heavy atom. The molecular formula is C18H26FN3O. The lowest BCUT2D eigenvalue weighted by atomic mass is 9.92. The first-order chi connectivity index (χ1) is 11.1. The molecule has 0 aromatic carbocycles. The van der Waals surface area contributed by atoms with Gasteiger partial charge in [0.1, 0.15) is 5.83 Å². The molecule has 0 saturated carbocycles. The van der Waals surface area contributed by atoms with Crippen molar-refractivity contribution in [1.82, 2.24) is 15.1 Å². The largest absolute Gasteiger partial charge is 0.315 e. The van der Waals surface area contributed by atoms with Crippen LogP contribution in [0.15, 0.2) is 23.7 Å². The highest BCUT2D eigenvalue weighted by Crippen LogP contribution is 2.40. The van der Waals surface area contributed by atoms with Gasteiger partial charge in [-0.05, 0) is 51.3 Å². The highest BCUT2D eigenvalue weighted by molar-refractivity contribution is 5.83. The second kappa shape index (κ2) is 5.71. The van der Waals surface area contributed by atoms with E-state index in [0.29, 0.717) is 12.8 Å². The van der Waals surface area contributed by atoms with Crippen LogP contribution in [0.4, 0.5) is 4.39 Å². The third-order valence-electron chi connectivity index (χ3n) is 6.21. The summed E-state index contributed by atoms with van der Waals surface area (Å²) < 4.78 is 13.6. The molecule has 1 N–H and O–H groups in total. The molecular weight excluding hydrogens is 293 g/mol. The number of piperidine rings is 1. The minimum Gasteiger partial charge on any atom is -0.315 e. The number of likely N-dealkylation sites (tertiary alicyclic amines) is 2. The van der Waals surface area contributed by atoms with Crippen LogP contribution in [-0.2, 0) is 4.79 Å². The number of rotatable bonds is 2. The van der Waals surface area contributed by atoms with Crippen LogP contribution in [0.25, 0.3) is 0 Å². The Balaban J connectivity index is 1.45. The van der Waals surface area contributed by atoms with E-state index in [-0.39, 0.29) is 29.2 Å². The van der Waals surface area contributed by atoms with Crippen molar-refractivity contribution in [2.24, 2.45) is 5.92 Å². The SMILES string of the molecule is CC1(N2CCC(N3C(=O)CC4CC=C(F)C=C43)CC2)CCNC1. The van der Waals surface area contributed by atoms with Gasteiger partial charge in [-0.3, -0.25) is 9.69 Å². The number of fused-ring (bicyclic) bond motifs is 1. The van der Waals surface area contributed by atoms with Gasteiger partial charge in [0.05, 0.1) is 0 Å². The molecule has 0 aromatic rings. The van der Waals surface area contributed by atoms with Crippen LogP contribution in [0.1, 0.15) is 39.0 Å². The van der Waals surface area contributed by atoms with E-state index >= 15 is 0 Å². The average molecular weight is 319 g/mol. The van der Waals surface area contributed by atoms with E-state index < -0.39 is 0 Å². The molecule has 5 heteroatoms. The fourth-order valence-corrected chi connectivity index (χ4v) is 4.75. The number of carbonyl (C=O) groups excluding carboxylic acids is 1. The summed E-state index contributed by atoms with van der Waals surface area (Å²) in [4.78, 5) is 17.0. The first kappa shape index (κ1) is 15.3. The summed E-state index contributed by atoms with van der Waals surface area (Å²) in [6, 6.07) is 0.249. The molecule has 4 rings (SSSR count). The van der Waals surface area contributed by atoms with Crippen LogP contribution in [0, 0.1) is 5.92 Å². The standard InChI is InChI=1S/C18H26FN3O/c1-18(6-7-20-12-18)21-8-4-15(5-9-21)22-16-11-14(19)3-2-13(16)10-17(22)23/h3,11,13,15,20H,2,4-10,12H2,1H3. The highest BCUT2D eigenvalue weighted by atomic mass is 19.1. The maximum absolute atomic E-state index is 13.6. The Labute approximate surface area is 137 Å². The van der Waals surface area contributed by atoms with E-state index in [9.17, 15) is 9.18 Å². The predicted octanol–water partition coefficient (Wildman–Crippen LogP) is 2.19. The van der Waals surface area contributed by atoms with Gasteiger partial charge < -0.3 is 10.2 Å². The molecule has 3 heterocycles. The number of nitrogens with zero attached hydrogens (tertiary/aromatic N) is 2. The van der Waals surface area contributed by atoms with Gasteiger partial charge in [-0.15, -0.1) is 0 Å². The number of allylic oxidation sites excluding steroid dienone is 4. The third kappa shape index (κ3) is 2.64. The van der Waals surface area contributed by atoms with E-state index in [4.69, 9.17) is 0 Å². The highest BCUT2D eigenvalue weighted by Gasteiger charge is 2.43. The van der Waals surface area contributed by atoms with Crippen molar-refractivity contribution in [1.29, 1.82) is 0 Å². The number of hydrogen-bond donors (Lipinski definition) is 1. The second-order valence-corrected chi connectivity index (χ2v) is 7.70. The zero-order valence-corrected chi connectivity index (χ0v) is 13.9. The molecule has 23 heavy (non-hydrogen) atoms. The van der Waals surface area contributed by atoms with Gasteiger partial charge in [0.25, 0.3) is 0 Å². The number of halogens is 1. The first-order valence-corrected chi connectivity index (χ1v) is 8.92. The van der Waals surface area contributed by atoms with Crippen LogP contribution in [0.5, 0.6) is 0 Å². The maximum atomic E-state index is 13.6. The lowest BCUT2D eigenvalue weighted by molar-refractivity contribution is -0.129. The van der Waals surface area contributed by atoms with E-state index in [0.717, 1.165) is 44.7 Å². The molecule has 1 amide bonds. The van der Waals surface area contributed by atoms with E-state index in [1.807, 2.05) is 4.90 Å². The van der Waals surface area contributed by atoms with Crippen molar-refractivity contribution in [2.75, 3.05) is 26.2 Å². The number of hydrogen-bond acceptors (Lipinski definition) is 3. The third-order valence-corrected chi connectivity index (χ3v) is 6.21. The molecule has 0 bridgehead atoms. The Morgan fingerprint density at radius 2 is 2.13 bits per heavy atom. The van der Waals surface area contributed by atoms with Gasteiger partial charge in [-0.2, -0.15) is 0 Å². The number of nitrogens with one attached hydrogen (secondary N) is 1. The lowest BCUT2D eigenvalue weighted by Gasteiger charge is -2.44. The van der Waals surface area contributed by atoms with Crippen LogP contribution in [-0.4, -0.2) is 53.5 Å². The van der Waals surface area contributed by atoms with Gasteiger partial charge in [0, 0.05) is 49.3 Å². The first-order valence-electron chi connectivity index (χ1n) is 8.92. The van der Waals surface area contributed by atoms with Gasteiger partial charge in [-0.25, -0.2) is 4.39 Å². The van der Waals surface area contributed by atoms with E-state index in [2.05, 4.69) is 17.1 Å². The van der Waals surface area contributed by atoms with Crippen molar-refractivity contribution in [3.63, 3.8) is 0 Å². The van der Waals surface area contributed by atoms with Crippen LogP contribution >= 0.6 is 0 Å². The van der Waals surface area contributed by atoms with Crippen molar-refractivity contribution < 1.29 is 9.18 Å². The lowest BCUT2D eigenvalue weighted by Crippen LogP contribution is -2.54. The molecule has 3 saturated heterocycles. The normalized spacial score (nSPS) is 36.2. The van der Waals surface area contributed by atoms with Gasteiger partial charge >= 0.3 is 0 Å². The summed E-state index contributed by atoms with van der Waals surface area (Å²) in [5.74, 6) is 0.214. The van der Waals surface area contributed by atoms with Gasteiger partial charge in [0.2, 0.25) is 5.91 Å². The quantitative estimate of drug-likeness (QED) is 0.847. The Bertz CT molecular complexity index is 557. The topological polar surface area (TPSA) is 35.6 Å². The Kier molecular flexibility index (Phi) is 3.81. The number of carbonyl (C=O) groups is 1. The summed E-state index contributed by atoms with van der Waals surface area (Å²) in [6.07, 6.45) is 7.62. The smallest absolute Gasteiger partial charge is 0.227 e. The molecule has 1 aliphatic carbocycles. The van der Waals surface area contributed by atoms with Crippen LogP contribution in [0.3, 0.4) is 0 Å². The van der Waals surface area contributed by atoms with Crippen LogP contribution < -0.4 is 5.32 Å². The minimum absolute atomic E-state index is 0.182. The molecule has 0 radical (unpaired) electrons. The van der Waals surface area contributed by atoms with E-state index in [1.54, 1.807) is 12.2 Å². The monoisotopic (exact) mass is 319 g/mol. The van der Waals surface area contributed by atoms with Crippen molar-refractivity contribution in [2.45, 2.75) is 50.6 Å². The predicted molar refractivity (Wildman–Crippen MR) is 87.3 cm³/mol. The summed E-state index contributed by atoms with van der Waals surface area (Å²) in [5, 5.41) is 3.46. The fraction of sp³-hybridized carbons (Fsp3) is 0.722. The molecule has 2 atom stereocenters. The minimum atomic E-state index is -0.182. The van der Waals surface area contributed by atoms with Crippen molar-refractivity contribution in [3.8, 4) is 0 Å². The molecule has 0 aromatic heterocycles. The molecule has 126 valence electrons. The molecule has 0 spiro atoms. The second-order valence-electron chi connectivity index (χ2n) is 7.70. The zero-order valence-electron chi connectivity index (χ0n) is 13.9. The maximum Gasteiger partial charge on any atom is 0.227 e. The van der Waals surface area contributed by atoms with Crippen molar-refractivity contribution in [3.05, 3.63) is 23.7 Å².